The van der Waals surface area contributed by atoms with Crippen LogP contribution in [0.25, 0.3) is 0 Å². The van der Waals surface area contributed by atoms with E-state index in [4.69, 9.17) is 0 Å². The summed E-state index contributed by atoms with van der Waals surface area (Å²) in [5.41, 5.74) is 1.97. The quantitative estimate of drug-likeness (QED) is 0.528. The Labute approximate surface area is 75.7 Å². The summed E-state index contributed by atoms with van der Waals surface area (Å²) in [6, 6.07) is 5.45. The van der Waals surface area contributed by atoms with Crippen LogP contribution in [0.15, 0.2) is 18.2 Å². The fourth-order valence-corrected chi connectivity index (χ4v) is 1.72. The number of fused-ring (bicyclic) bond motifs is 1. The third-order valence-electron chi connectivity index (χ3n) is 2.26. The van der Waals surface area contributed by atoms with Crippen molar-refractivity contribution in [2.24, 2.45) is 0 Å². The predicted molar refractivity (Wildman–Crippen MR) is 49.9 cm³/mol. The molecule has 4 nitrogen and oxygen atoms in total. The number of anilines is 1. The smallest absolute Gasteiger partial charge is 0.274 e. The van der Waals surface area contributed by atoms with E-state index in [1.54, 1.807) is 12.1 Å². The molecule has 0 amide bonds. The van der Waals surface area contributed by atoms with Crippen molar-refractivity contribution in [1.82, 2.24) is 0 Å². The van der Waals surface area contributed by atoms with E-state index in [1.807, 2.05) is 13.0 Å². The van der Waals surface area contributed by atoms with Gasteiger partial charge in [-0.25, -0.2) is 0 Å². The van der Waals surface area contributed by atoms with Crippen molar-refractivity contribution in [3.05, 3.63) is 33.9 Å². The number of nitrogens with one attached hydrogen (secondary N) is 1. The molecule has 1 N–H and O–H groups in total. The number of benzene rings is 1. The first-order valence-electron chi connectivity index (χ1n) is 4.21. The molecule has 0 fully saturated rings. The van der Waals surface area contributed by atoms with E-state index >= 15 is 0 Å². The van der Waals surface area contributed by atoms with E-state index in [0.717, 1.165) is 17.7 Å². The molecule has 0 saturated carbocycles. The second-order valence-electron chi connectivity index (χ2n) is 3.31. The van der Waals surface area contributed by atoms with E-state index in [9.17, 15) is 10.1 Å². The first kappa shape index (κ1) is 8.04. The van der Waals surface area contributed by atoms with Crippen molar-refractivity contribution in [2.75, 3.05) is 5.32 Å². The van der Waals surface area contributed by atoms with Gasteiger partial charge in [0.25, 0.3) is 5.69 Å². The highest BCUT2D eigenvalue weighted by molar-refractivity contribution is 5.64. The minimum absolute atomic E-state index is 0.231. The van der Waals surface area contributed by atoms with Crippen molar-refractivity contribution in [1.29, 1.82) is 0 Å². The van der Waals surface area contributed by atoms with E-state index in [2.05, 4.69) is 5.32 Å². The van der Waals surface area contributed by atoms with Crippen molar-refractivity contribution in [3.8, 4) is 0 Å². The third kappa shape index (κ3) is 1.24. The zero-order chi connectivity index (χ0) is 9.42. The average Bonchev–Trinajstić information content (AvgIpc) is 2.43. The van der Waals surface area contributed by atoms with Gasteiger partial charge >= 0.3 is 0 Å². The molecule has 68 valence electrons. The maximum Gasteiger partial charge on any atom is 0.274 e. The summed E-state index contributed by atoms with van der Waals surface area (Å²) in [5, 5.41) is 13.8. The molecular weight excluding hydrogens is 168 g/mol. The van der Waals surface area contributed by atoms with Crippen molar-refractivity contribution < 1.29 is 4.92 Å². The summed E-state index contributed by atoms with van der Waals surface area (Å²) >= 11 is 0. The standard InChI is InChI=1S/C9H10N2O2/c1-6-5-7-8(10-6)3-2-4-9(7)11(12)13/h2-4,6,10H,5H2,1H3. The van der Waals surface area contributed by atoms with Crippen LogP contribution in [-0.2, 0) is 6.42 Å². The van der Waals surface area contributed by atoms with Gasteiger partial charge in [0.15, 0.2) is 0 Å². The van der Waals surface area contributed by atoms with E-state index in [1.165, 1.54) is 0 Å². The van der Waals surface area contributed by atoms with E-state index < -0.39 is 0 Å². The number of nitro benzene ring substituents is 1. The van der Waals surface area contributed by atoms with Crippen molar-refractivity contribution >= 4 is 11.4 Å². The maximum absolute atomic E-state index is 10.6. The van der Waals surface area contributed by atoms with E-state index in [0.29, 0.717) is 6.04 Å². The van der Waals surface area contributed by atoms with Crippen LogP contribution in [0.1, 0.15) is 12.5 Å². The molecule has 1 aromatic rings. The maximum atomic E-state index is 10.6. The number of nitrogens with zero attached hydrogens (tertiary/aromatic N) is 1. The minimum atomic E-state index is -0.321. The third-order valence-corrected chi connectivity index (χ3v) is 2.26. The van der Waals surface area contributed by atoms with Crippen LogP contribution in [-0.4, -0.2) is 11.0 Å². The Morgan fingerprint density at radius 3 is 3.08 bits per heavy atom. The Balaban J connectivity index is 2.51. The van der Waals surface area contributed by atoms with Crippen LogP contribution in [0.4, 0.5) is 11.4 Å². The molecule has 0 aliphatic carbocycles. The molecule has 2 rings (SSSR count). The highest BCUT2D eigenvalue weighted by atomic mass is 16.6. The molecule has 1 atom stereocenters. The molecule has 0 saturated heterocycles. The SMILES string of the molecule is CC1Cc2c(cccc2[N+](=O)[O-])N1. The summed E-state index contributed by atoms with van der Waals surface area (Å²) in [6.07, 6.45) is 0.743. The molecule has 1 heterocycles. The van der Waals surface area contributed by atoms with Crippen LogP contribution in [0.5, 0.6) is 0 Å². The monoisotopic (exact) mass is 178 g/mol. The normalized spacial score (nSPS) is 19.3. The van der Waals surface area contributed by atoms with Crippen molar-refractivity contribution in [2.45, 2.75) is 19.4 Å². The van der Waals surface area contributed by atoms with Gasteiger partial charge in [-0.3, -0.25) is 10.1 Å². The topological polar surface area (TPSA) is 55.2 Å². The lowest BCUT2D eigenvalue weighted by Gasteiger charge is -2.00. The molecule has 0 spiro atoms. The van der Waals surface area contributed by atoms with Gasteiger partial charge < -0.3 is 5.32 Å². The highest BCUT2D eigenvalue weighted by Gasteiger charge is 2.24. The van der Waals surface area contributed by atoms with Crippen molar-refractivity contribution in [3.63, 3.8) is 0 Å². The fraction of sp³-hybridized carbons (Fsp3) is 0.333. The Kier molecular flexibility index (Phi) is 1.69. The predicted octanol–water partition coefficient (Wildman–Crippen LogP) is 1.95. The number of rotatable bonds is 1. The second-order valence-corrected chi connectivity index (χ2v) is 3.31. The zero-order valence-corrected chi connectivity index (χ0v) is 7.28. The van der Waals surface area contributed by atoms with Crippen LogP contribution in [0, 0.1) is 10.1 Å². The molecule has 13 heavy (non-hydrogen) atoms. The van der Waals surface area contributed by atoms with Gasteiger partial charge in [0, 0.05) is 24.2 Å². The van der Waals surface area contributed by atoms with Gasteiger partial charge in [-0.1, -0.05) is 6.07 Å². The van der Waals surface area contributed by atoms with Crippen LogP contribution in [0.3, 0.4) is 0 Å². The Morgan fingerprint density at radius 2 is 2.38 bits per heavy atom. The molecule has 1 aliphatic heterocycles. The largest absolute Gasteiger partial charge is 0.382 e. The Bertz CT molecular complexity index is 363. The van der Waals surface area contributed by atoms with Crippen LogP contribution >= 0.6 is 0 Å². The number of hydrogen-bond donors (Lipinski definition) is 1. The minimum Gasteiger partial charge on any atom is -0.382 e. The van der Waals surface area contributed by atoms with E-state index in [-0.39, 0.29) is 10.6 Å². The molecular formula is C9H10N2O2. The molecule has 1 unspecified atom stereocenters. The number of nitro groups is 1. The molecule has 0 bridgehead atoms. The highest BCUT2D eigenvalue weighted by Crippen LogP contribution is 2.32. The summed E-state index contributed by atoms with van der Waals surface area (Å²) in [7, 11) is 0. The fourth-order valence-electron chi connectivity index (χ4n) is 1.72. The summed E-state index contributed by atoms with van der Waals surface area (Å²) in [6.45, 7) is 2.02. The van der Waals surface area contributed by atoms with Gasteiger partial charge in [0.05, 0.1) is 10.5 Å². The lowest BCUT2D eigenvalue weighted by Crippen LogP contribution is -2.08. The lowest BCUT2D eigenvalue weighted by atomic mass is 10.1. The van der Waals surface area contributed by atoms with Gasteiger partial charge in [0.2, 0.25) is 0 Å². The average molecular weight is 178 g/mol. The van der Waals surface area contributed by atoms with Gasteiger partial charge in [0.1, 0.15) is 0 Å². The molecule has 1 aromatic carbocycles. The molecule has 0 aromatic heterocycles. The van der Waals surface area contributed by atoms with Crippen LogP contribution in [0.2, 0.25) is 0 Å². The second kappa shape index (κ2) is 2.73. The zero-order valence-electron chi connectivity index (χ0n) is 7.28. The summed E-state index contributed by atoms with van der Waals surface area (Å²) in [4.78, 5) is 10.3. The van der Waals surface area contributed by atoms with Gasteiger partial charge in [-0.05, 0) is 13.0 Å². The van der Waals surface area contributed by atoms with Gasteiger partial charge in [-0.2, -0.15) is 0 Å². The summed E-state index contributed by atoms with van der Waals surface area (Å²) in [5.74, 6) is 0. The van der Waals surface area contributed by atoms with Crippen LogP contribution < -0.4 is 5.32 Å². The first-order valence-corrected chi connectivity index (χ1v) is 4.21. The van der Waals surface area contributed by atoms with Gasteiger partial charge in [-0.15, -0.1) is 0 Å². The molecule has 4 heteroatoms. The number of hydrogen-bond acceptors (Lipinski definition) is 3. The lowest BCUT2D eigenvalue weighted by molar-refractivity contribution is -0.385. The first-order chi connectivity index (χ1) is 6.18. The summed E-state index contributed by atoms with van der Waals surface area (Å²) < 4.78 is 0. The Morgan fingerprint density at radius 1 is 1.62 bits per heavy atom. The molecule has 0 radical (unpaired) electrons. The molecule has 1 aliphatic rings. The Hall–Kier alpha value is -1.58.